The van der Waals surface area contributed by atoms with Gasteiger partial charge in [-0.05, 0) is 62.4 Å². The fraction of sp³-hybridized carbons (Fsp3) is 0.522. The summed E-state index contributed by atoms with van der Waals surface area (Å²) < 4.78 is 42.1. The molecule has 3 heterocycles. The molecule has 186 valence electrons. The van der Waals surface area contributed by atoms with E-state index in [-0.39, 0.29) is 11.3 Å². The number of benzene rings is 1. The lowest BCUT2D eigenvalue weighted by Gasteiger charge is -2.39. The summed E-state index contributed by atoms with van der Waals surface area (Å²) in [6.07, 6.45) is -1.72. The second-order valence-electron chi connectivity index (χ2n) is 8.73. The Labute approximate surface area is 195 Å². The fourth-order valence-electron chi connectivity index (χ4n) is 4.36. The molecule has 1 aromatic carbocycles. The number of halogens is 3. The topological polar surface area (TPSA) is 96.1 Å². The summed E-state index contributed by atoms with van der Waals surface area (Å²) in [7, 11) is 1.71. The number of nitrogens with zero attached hydrogens (tertiary/aromatic N) is 3. The summed E-state index contributed by atoms with van der Waals surface area (Å²) in [5, 5.41) is 11.0. The van der Waals surface area contributed by atoms with Crippen LogP contribution in [0, 0.1) is 12.3 Å². The van der Waals surface area contributed by atoms with Crippen LogP contribution in [0.2, 0.25) is 0 Å². The zero-order valence-corrected chi connectivity index (χ0v) is 19.1. The van der Waals surface area contributed by atoms with E-state index in [1.807, 2.05) is 24.0 Å². The Kier molecular flexibility index (Phi) is 7.86. The molecule has 1 spiro atoms. The summed E-state index contributed by atoms with van der Waals surface area (Å²) in [6, 6.07) is 10.0. The highest BCUT2D eigenvalue weighted by molar-refractivity contribution is 5.92. The molecule has 1 N–H and O–H groups in total. The molecule has 0 aliphatic carbocycles. The van der Waals surface area contributed by atoms with Crippen molar-refractivity contribution in [1.82, 2.24) is 15.0 Å². The number of hydrogen-bond acceptors (Lipinski definition) is 6. The minimum atomic E-state index is -5.08. The van der Waals surface area contributed by atoms with Crippen molar-refractivity contribution in [3.63, 3.8) is 0 Å². The molecule has 2 saturated heterocycles. The molecule has 8 nitrogen and oxygen atoms in total. The Morgan fingerprint density at radius 3 is 2.38 bits per heavy atom. The molecule has 11 heteroatoms. The van der Waals surface area contributed by atoms with E-state index < -0.39 is 12.1 Å². The zero-order valence-electron chi connectivity index (χ0n) is 19.1. The molecule has 2 aliphatic rings. The maximum atomic E-state index is 12.6. The largest absolute Gasteiger partial charge is 0.497 e. The lowest BCUT2D eigenvalue weighted by molar-refractivity contribution is -0.192. The van der Waals surface area contributed by atoms with Crippen LogP contribution in [0.25, 0.3) is 0 Å². The molecule has 2 aromatic rings. The highest BCUT2D eigenvalue weighted by atomic mass is 19.4. The molecular formula is C23H28F3N3O5. The number of aromatic nitrogens is 1. The Morgan fingerprint density at radius 1 is 1.18 bits per heavy atom. The number of aryl methyl sites for hydroxylation is 1. The smallest absolute Gasteiger partial charge is 0.490 e. The number of piperidine rings is 1. The fourth-order valence-corrected chi connectivity index (χ4v) is 4.36. The number of alkyl halides is 3. The molecule has 1 aromatic heterocycles. The number of carboxylic acids is 1. The van der Waals surface area contributed by atoms with Crippen molar-refractivity contribution in [1.29, 1.82) is 0 Å². The van der Waals surface area contributed by atoms with E-state index in [2.05, 4.69) is 22.2 Å². The molecule has 34 heavy (non-hydrogen) atoms. The maximum absolute atomic E-state index is 12.6. The third-order valence-electron chi connectivity index (χ3n) is 6.27. The summed E-state index contributed by atoms with van der Waals surface area (Å²) in [4.78, 5) is 26.0. The third-order valence-corrected chi connectivity index (χ3v) is 6.27. The number of methoxy groups -OCH3 is 1. The van der Waals surface area contributed by atoms with Crippen LogP contribution in [0.1, 0.15) is 41.1 Å². The molecule has 2 aliphatic heterocycles. The van der Waals surface area contributed by atoms with E-state index in [1.165, 1.54) is 5.56 Å². The normalized spacial score (nSPS) is 17.9. The monoisotopic (exact) mass is 483 g/mol. The Hall–Kier alpha value is -3.08. The summed E-state index contributed by atoms with van der Waals surface area (Å²) in [5.74, 6) is -1.16. The first kappa shape index (κ1) is 25.5. The Balaban J connectivity index is 0.000000406. The van der Waals surface area contributed by atoms with Gasteiger partial charge in [-0.1, -0.05) is 17.3 Å². The van der Waals surface area contributed by atoms with Gasteiger partial charge in [0.25, 0.3) is 5.91 Å². The average molecular weight is 483 g/mol. The number of rotatable bonds is 4. The number of likely N-dealkylation sites (tertiary alicyclic amines) is 2. The van der Waals surface area contributed by atoms with Crippen LogP contribution in [0.4, 0.5) is 13.2 Å². The highest BCUT2D eigenvalue weighted by Crippen LogP contribution is 2.41. The first-order valence-corrected chi connectivity index (χ1v) is 10.9. The van der Waals surface area contributed by atoms with Crippen LogP contribution in [-0.4, -0.2) is 71.4 Å². The number of hydrogen-bond donors (Lipinski definition) is 1. The summed E-state index contributed by atoms with van der Waals surface area (Å²) >= 11 is 0. The van der Waals surface area contributed by atoms with Gasteiger partial charge in [-0.2, -0.15) is 13.2 Å². The quantitative estimate of drug-likeness (QED) is 0.708. The first-order valence-electron chi connectivity index (χ1n) is 10.9. The predicted molar refractivity (Wildman–Crippen MR) is 115 cm³/mol. The summed E-state index contributed by atoms with van der Waals surface area (Å²) in [5.41, 5.74) is 1.98. The predicted octanol–water partition coefficient (Wildman–Crippen LogP) is 3.75. The van der Waals surface area contributed by atoms with E-state index in [0.717, 1.165) is 57.7 Å². The number of amides is 1. The van der Waals surface area contributed by atoms with Crippen molar-refractivity contribution in [2.75, 3.05) is 33.3 Å². The van der Waals surface area contributed by atoms with Gasteiger partial charge in [-0.15, -0.1) is 0 Å². The molecular weight excluding hydrogens is 455 g/mol. The number of aliphatic carboxylic acids is 1. The van der Waals surface area contributed by atoms with Gasteiger partial charge in [0.05, 0.1) is 7.11 Å². The van der Waals surface area contributed by atoms with Gasteiger partial charge in [-0.3, -0.25) is 9.69 Å². The van der Waals surface area contributed by atoms with E-state index in [9.17, 15) is 18.0 Å². The minimum absolute atomic E-state index is 0.00235. The zero-order chi connectivity index (χ0) is 24.9. The van der Waals surface area contributed by atoms with Crippen LogP contribution >= 0.6 is 0 Å². The number of carbonyl (C=O) groups excluding carboxylic acids is 1. The second kappa shape index (κ2) is 10.5. The molecule has 2 fully saturated rings. The second-order valence-corrected chi connectivity index (χ2v) is 8.73. The van der Waals surface area contributed by atoms with Gasteiger partial charge < -0.3 is 19.3 Å². The van der Waals surface area contributed by atoms with E-state index in [1.54, 1.807) is 13.2 Å². The van der Waals surface area contributed by atoms with Gasteiger partial charge in [0.2, 0.25) is 0 Å². The first-order chi connectivity index (χ1) is 16.0. The molecule has 0 unspecified atom stereocenters. The van der Waals surface area contributed by atoms with Crippen LogP contribution < -0.4 is 4.74 Å². The maximum Gasteiger partial charge on any atom is 0.490 e. The average Bonchev–Trinajstić information content (AvgIpc) is 3.42. The van der Waals surface area contributed by atoms with E-state index in [0.29, 0.717) is 11.5 Å². The standard InChI is InChI=1S/C21H27N3O3.C2HF3O2/c1-16-12-19(22-27-16)20(25)24-11-8-21(15-24)6-9-23(10-7-21)14-17-4-3-5-18(13-17)26-2;3-2(4,5)1(6)7/h3-5,12-13H,6-11,14-15H2,1-2H3;(H,6,7). The third kappa shape index (κ3) is 6.49. The molecule has 1 amide bonds. The lowest BCUT2D eigenvalue weighted by atomic mass is 9.77. The SMILES string of the molecule is COc1cccc(CN2CCC3(CC2)CCN(C(=O)c2cc(C)on2)C3)c1.O=C(O)C(F)(F)F. The highest BCUT2D eigenvalue weighted by Gasteiger charge is 2.42. The van der Waals surface area contributed by atoms with Crippen LogP contribution in [-0.2, 0) is 11.3 Å². The van der Waals surface area contributed by atoms with Gasteiger partial charge in [-0.25, -0.2) is 4.79 Å². The van der Waals surface area contributed by atoms with E-state index >= 15 is 0 Å². The Morgan fingerprint density at radius 2 is 1.82 bits per heavy atom. The molecule has 4 rings (SSSR count). The molecule has 0 radical (unpaired) electrons. The van der Waals surface area contributed by atoms with Gasteiger partial charge in [0.15, 0.2) is 5.69 Å². The van der Waals surface area contributed by atoms with Crippen molar-refractivity contribution >= 4 is 11.9 Å². The number of carbonyl (C=O) groups is 2. The van der Waals surface area contributed by atoms with Crippen LogP contribution in [0.3, 0.4) is 0 Å². The molecule has 0 saturated carbocycles. The van der Waals surface area contributed by atoms with Crippen LogP contribution in [0.5, 0.6) is 5.75 Å². The van der Waals surface area contributed by atoms with Gasteiger partial charge >= 0.3 is 12.1 Å². The number of carboxylic acid groups (broad SMARTS) is 1. The molecule has 0 bridgehead atoms. The van der Waals surface area contributed by atoms with Crippen molar-refractivity contribution in [2.24, 2.45) is 5.41 Å². The van der Waals surface area contributed by atoms with Crippen molar-refractivity contribution in [3.05, 3.63) is 47.3 Å². The summed E-state index contributed by atoms with van der Waals surface area (Å²) in [6.45, 7) is 6.57. The van der Waals surface area contributed by atoms with Gasteiger partial charge in [0, 0.05) is 25.7 Å². The van der Waals surface area contributed by atoms with Crippen molar-refractivity contribution in [3.8, 4) is 5.75 Å². The van der Waals surface area contributed by atoms with Crippen molar-refractivity contribution in [2.45, 2.75) is 38.9 Å². The molecule has 0 atom stereocenters. The number of ether oxygens (including phenoxy) is 1. The van der Waals surface area contributed by atoms with Gasteiger partial charge in [0.1, 0.15) is 11.5 Å². The lowest BCUT2D eigenvalue weighted by Crippen LogP contribution is -2.42. The minimum Gasteiger partial charge on any atom is -0.497 e. The van der Waals surface area contributed by atoms with Crippen molar-refractivity contribution < 1.29 is 37.1 Å². The Bertz CT molecular complexity index is 1000. The van der Waals surface area contributed by atoms with Crippen LogP contribution in [0.15, 0.2) is 34.9 Å². The van der Waals surface area contributed by atoms with E-state index in [4.69, 9.17) is 19.2 Å².